The molecule has 0 bridgehead atoms. The summed E-state index contributed by atoms with van der Waals surface area (Å²) in [6.45, 7) is 12.4. The lowest BCUT2D eigenvalue weighted by Gasteiger charge is -2.31. The third kappa shape index (κ3) is 8.09. The van der Waals surface area contributed by atoms with Crippen molar-refractivity contribution in [3.05, 3.63) is 10.0 Å². The maximum atomic E-state index is 5.85. The van der Waals surface area contributed by atoms with Gasteiger partial charge in [0, 0.05) is 0 Å². The van der Waals surface area contributed by atoms with Gasteiger partial charge in [0.1, 0.15) is 0 Å². The summed E-state index contributed by atoms with van der Waals surface area (Å²) in [6, 6.07) is 0. The van der Waals surface area contributed by atoms with Crippen LogP contribution in [0.1, 0.15) is 89.1 Å². The van der Waals surface area contributed by atoms with Crippen molar-refractivity contribution in [1.82, 2.24) is 10.2 Å². The first-order valence-corrected chi connectivity index (χ1v) is 13.3. The molecule has 1 heterocycles. The molecule has 0 saturated heterocycles. The Hall–Kier alpha value is 0.360. The topological polar surface area (TPSA) is 25.8 Å². The molecule has 1 aromatic heterocycles. The van der Waals surface area contributed by atoms with E-state index < -0.39 is 0 Å². The van der Waals surface area contributed by atoms with Crippen LogP contribution in [0.4, 0.5) is 0 Å². The maximum absolute atomic E-state index is 5.85. The molecule has 0 saturated carbocycles. The quantitative estimate of drug-likeness (QED) is 0.177. The van der Waals surface area contributed by atoms with E-state index in [1.807, 2.05) is 0 Å². The third-order valence-corrected chi connectivity index (χ3v) is 8.82. The van der Waals surface area contributed by atoms with Crippen molar-refractivity contribution in [2.24, 2.45) is 0 Å². The average Bonchev–Trinajstić information content (AvgIpc) is 3.22. The van der Waals surface area contributed by atoms with Crippen LogP contribution < -0.4 is 0 Å². The van der Waals surface area contributed by atoms with Crippen LogP contribution in [0.15, 0.2) is 0 Å². The van der Waals surface area contributed by atoms with Gasteiger partial charge in [0.2, 0.25) is 20.0 Å². The molecule has 0 fully saturated rings. The second-order valence-corrected chi connectivity index (χ2v) is 11.0. The summed E-state index contributed by atoms with van der Waals surface area (Å²) in [7, 11) is 0. The number of quaternary nitrogens is 2. The standard InChI is InChI=1S/C20H38N4S5/c1-5-9-13-23(27,14-10-6-2)19(25)17-21-22-18(29-17)20(26)24(28,15-11-7-3)16-12-8-4/h27-28H,5-16H2,1-4H3/q+2. The molecule has 0 unspecified atom stereocenters. The van der Waals surface area contributed by atoms with Gasteiger partial charge in [-0.25, -0.2) is 7.78 Å². The molecule has 0 aliphatic rings. The highest BCUT2D eigenvalue weighted by Gasteiger charge is 2.36. The number of nitrogens with zero attached hydrogens (tertiary/aromatic N) is 4. The highest BCUT2D eigenvalue weighted by molar-refractivity contribution is 7.83. The van der Waals surface area contributed by atoms with E-state index >= 15 is 0 Å². The Balaban J connectivity index is 3.07. The Kier molecular flexibility index (Phi) is 12.9. The van der Waals surface area contributed by atoms with Gasteiger partial charge in [0.15, 0.2) is 0 Å². The molecule has 4 nitrogen and oxygen atoms in total. The summed E-state index contributed by atoms with van der Waals surface area (Å²) in [5.41, 5.74) is 0. The van der Waals surface area contributed by atoms with Crippen molar-refractivity contribution in [3.8, 4) is 0 Å². The van der Waals surface area contributed by atoms with Gasteiger partial charge in [0.25, 0.3) is 0 Å². The molecular formula is C20H38N4S5+2. The van der Waals surface area contributed by atoms with Crippen molar-refractivity contribution in [2.45, 2.75) is 79.1 Å². The lowest BCUT2D eigenvalue weighted by molar-refractivity contribution is -0.692. The Morgan fingerprint density at radius 2 is 0.966 bits per heavy atom. The number of unbranched alkanes of at least 4 members (excludes halogenated alkanes) is 4. The summed E-state index contributed by atoms with van der Waals surface area (Å²) in [6.07, 6.45) is 8.82. The molecule has 1 rings (SSSR count). The Bertz CT molecular complexity index is 578. The summed E-state index contributed by atoms with van der Waals surface area (Å²) in [5, 5.41) is 10.4. The summed E-state index contributed by atoms with van der Waals surface area (Å²) >= 11 is 23.2. The molecule has 0 aliphatic carbocycles. The minimum absolute atomic E-state index is 0.463. The highest BCUT2D eigenvalue weighted by atomic mass is 32.1. The zero-order chi connectivity index (χ0) is 21.9. The molecule has 0 aliphatic heterocycles. The number of thiol groups is 2. The first-order valence-electron chi connectivity index (χ1n) is 10.9. The number of rotatable bonds is 14. The highest BCUT2D eigenvalue weighted by Crippen LogP contribution is 2.28. The van der Waals surface area contributed by atoms with E-state index in [4.69, 9.17) is 50.1 Å². The molecule has 0 N–H and O–H groups in total. The maximum Gasteiger partial charge on any atom is 0.248 e. The van der Waals surface area contributed by atoms with Crippen LogP contribution in [0.3, 0.4) is 0 Å². The first-order chi connectivity index (χ1) is 13.8. The van der Waals surface area contributed by atoms with Gasteiger partial charge in [-0.1, -0.05) is 64.7 Å². The second kappa shape index (κ2) is 13.7. The fraction of sp³-hybridized carbons (Fsp3) is 0.800. The molecule has 0 amide bonds. The van der Waals surface area contributed by atoms with Gasteiger partial charge >= 0.3 is 0 Å². The van der Waals surface area contributed by atoms with Gasteiger partial charge in [-0.3, -0.25) is 0 Å². The van der Waals surface area contributed by atoms with E-state index in [0.717, 1.165) is 97.5 Å². The van der Waals surface area contributed by atoms with Crippen molar-refractivity contribution >= 4 is 71.4 Å². The van der Waals surface area contributed by atoms with Crippen LogP contribution in [0.5, 0.6) is 0 Å². The number of hydrogen-bond acceptors (Lipinski definition) is 7. The van der Waals surface area contributed by atoms with Gasteiger partial charge in [-0.15, -0.1) is 10.2 Å². The molecule has 166 valence electrons. The van der Waals surface area contributed by atoms with E-state index in [1.165, 1.54) is 11.3 Å². The fourth-order valence-electron chi connectivity index (χ4n) is 3.06. The minimum Gasteiger partial charge on any atom is -0.220 e. The fourth-order valence-corrected chi connectivity index (χ4v) is 5.52. The van der Waals surface area contributed by atoms with Crippen molar-refractivity contribution < 1.29 is 7.78 Å². The van der Waals surface area contributed by atoms with Gasteiger partial charge in [-0.05, 0) is 50.1 Å². The predicted octanol–water partition coefficient (Wildman–Crippen LogP) is 6.41. The van der Waals surface area contributed by atoms with Gasteiger partial charge in [0.05, 0.1) is 51.8 Å². The molecule has 0 radical (unpaired) electrons. The van der Waals surface area contributed by atoms with Crippen LogP contribution >= 0.6 is 61.4 Å². The van der Waals surface area contributed by atoms with Crippen molar-refractivity contribution in [1.29, 1.82) is 0 Å². The number of thiocarbonyl (C=S) groups is 2. The minimum atomic E-state index is 0.463. The number of hydrogen-bond donors (Lipinski definition) is 2. The lowest BCUT2D eigenvalue weighted by atomic mass is 10.2. The predicted molar refractivity (Wildman–Crippen MR) is 141 cm³/mol. The molecule has 9 heteroatoms. The van der Waals surface area contributed by atoms with Gasteiger partial charge < -0.3 is 0 Å². The van der Waals surface area contributed by atoms with E-state index in [2.05, 4.69) is 37.9 Å². The molecule has 0 atom stereocenters. The van der Waals surface area contributed by atoms with Crippen LogP contribution in [-0.2, 0) is 0 Å². The van der Waals surface area contributed by atoms with Crippen LogP contribution in [0, 0.1) is 0 Å². The summed E-state index contributed by atoms with van der Waals surface area (Å²) in [4.78, 5) is 1.53. The Morgan fingerprint density at radius 1 is 0.690 bits per heavy atom. The average molecular weight is 495 g/mol. The Labute approximate surface area is 203 Å². The first kappa shape index (κ1) is 27.4. The molecule has 29 heavy (non-hydrogen) atoms. The molecule has 0 aromatic carbocycles. The van der Waals surface area contributed by atoms with E-state index in [-0.39, 0.29) is 0 Å². The second-order valence-electron chi connectivity index (χ2n) is 7.68. The van der Waals surface area contributed by atoms with E-state index in [1.54, 1.807) is 0 Å². The van der Waals surface area contributed by atoms with Crippen molar-refractivity contribution in [3.63, 3.8) is 0 Å². The zero-order valence-electron chi connectivity index (χ0n) is 18.4. The summed E-state index contributed by atoms with van der Waals surface area (Å²) < 4.78 is 0.926. The summed E-state index contributed by atoms with van der Waals surface area (Å²) in [5.74, 6) is 0. The lowest BCUT2D eigenvalue weighted by Crippen LogP contribution is -2.45. The smallest absolute Gasteiger partial charge is 0.220 e. The number of aromatic nitrogens is 2. The van der Waals surface area contributed by atoms with Crippen LogP contribution in [-0.4, -0.2) is 54.1 Å². The normalized spacial score (nSPS) is 12.3. The SMILES string of the molecule is CCCC[N+](S)(CCCC)C(=S)c1nnc(C(=S)[N+](S)(CCCC)CCCC)s1. The van der Waals surface area contributed by atoms with Crippen LogP contribution in [0.2, 0.25) is 0 Å². The monoisotopic (exact) mass is 494 g/mol. The van der Waals surface area contributed by atoms with E-state index in [9.17, 15) is 0 Å². The van der Waals surface area contributed by atoms with E-state index in [0.29, 0.717) is 7.78 Å². The molecule has 0 spiro atoms. The van der Waals surface area contributed by atoms with Gasteiger partial charge in [-0.2, -0.15) is 0 Å². The third-order valence-electron chi connectivity index (χ3n) is 5.07. The Morgan fingerprint density at radius 3 is 1.21 bits per heavy atom. The van der Waals surface area contributed by atoms with Crippen LogP contribution in [0.25, 0.3) is 0 Å². The zero-order valence-corrected chi connectivity index (χ0v) is 22.6. The molecular weight excluding hydrogens is 457 g/mol. The van der Waals surface area contributed by atoms with Crippen molar-refractivity contribution in [2.75, 3.05) is 26.2 Å². The molecule has 1 aromatic rings. The largest absolute Gasteiger partial charge is 0.248 e.